The summed E-state index contributed by atoms with van der Waals surface area (Å²) in [6.07, 6.45) is 8.71. The first-order valence-corrected chi connectivity index (χ1v) is 6.33. The zero-order chi connectivity index (χ0) is 12.3. The van der Waals surface area contributed by atoms with Gasteiger partial charge < -0.3 is 4.98 Å². The largest absolute Gasteiger partial charge is 0.364 e. The highest BCUT2D eigenvalue weighted by Gasteiger charge is 2.15. The summed E-state index contributed by atoms with van der Waals surface area (Å²) in [6.45, 7) is 1.79. The molecule has 4 heteroatoms. The fourth-order valence-corrected chi connectivity index (χ4v) is 2.48. The van der Waals surface area contributed by atoms with Crippen LogP contribution in [-0.2, 0) is 24.1 Å². The third kappa shape index (κ3) is 2.88. The molecule has 4 nitrogen and oxygen atoms in total. The Balaban J connectivity index is 1.87. The summed E-state index contributed by atoms with van der Waals surface area (Å²) in [5.41, 5.74) is 4.22. The lowest BCUT2D eigenvalue weighted by atomic mass is 9.93. The van der Waals surface area contributed by atoms with Crippen molar-refractivity contribution in [2.24, 2.45) is 0 Å². The van der Waals surface area contributed by atoms with Gasteiger partial charge in [0.15, 0.2) is 0 Å². The van der Waals surface area contributed by atoms with Crippen LogP contribution in [0, 0.1) is 0 Å². The van der Waals surface area contributed by atoms with E-state index in [2.05, 4.69) is 11.2 Å². The van der Waals surface area contributed by atoms with Crippen molar-refractivity contribution in [2.75, 3.05) is 6.54 Å². The van der Waals surface area contributed by atoms with E-state index in [0.717, 1.165) is 24.3 Å². The van der Waals surface area contributed by atoms with Crippen LogP contribution in [0.4, 0.5) is 0 Å². The second-order valence-electron chi connectivity index (χ2n) is 4.72. The summed E-state index contributed by atoms with van der Waals surface area (Å²) >= 11 is 0. The summed E-state index contributed by atoms with van der Waals surface area (Å²) < 4.78 is 0. The van der Waals surface area contributed by atoms with Gasteiger partial charge in [-0.15, -0.1) is 0 Å². The molecule has 2 N–H and O–H groups in total. The molecule has 2 rings (SSSR count). The molecule has 1 aromatic heterocycles. The highest BCUT2D eigenvalue weighted by Crippen LogP contribution is 2.24. The molecular formula is C13H20N2O2. The number of nitrogens with one attached hydrogen (secondary N) is 1. The molecule has 1 amide bonds. The lowest BCUT2D eigenvalue weighted by Gasteiger charge is -2.14. The molecule has 94 valence electrons. The summed E-state index contributed by atoms with van der Waals surface area (Å²) in [7, 11) is 0. The molecule has 0 saturated heterocycles. The van der Waals surface area contributed by atoms with Gasteiger partial charge in [0, 0.05) is 25.4 Å². The van der Waals surface area contributed by atoms with Gasteiger partial charge in [-0.25, -0.2) is 5.06 Å². The molecule has 0 unspecified atom stereocenters. The Kier molecular flexibility index (Phi) is 3.84. The van der Waals surface area contributed by atoms with E-state index in [0.29, 0.717) is 6.54 Å². The normalized spacial score (nSPS) is 14.5. The molecule has 0 aromatic carbocycles. The van der Waals surface area contributed by atoms with Gasteiger partial charge in [0.2, 0.25) is 5.91 Å². The number of carbonyl (C=O) groups is 1. The molecule has 0 spiro atoms. The maximum Gasteiger partial charge on any atom is 0.242 e. The van der Waals surface area contributed by atoms with E-state index < -0.39 is 0 Å². The highest BCUT2D eigenvalue weighted by atomic mass is 16.5. The second kappa shape index (κ2) is 5.36. The van der Waals surface area contributed by atoms with Crippen molar-refractivity contribution in [3.8, 4) is 0 Å². The monoisotopic (exact) mass is 236 g/mol. The number of hydroxylamine groups is 2. The molecule has 0 radical (unpaired) electrons. The smallest absolute Gasteiger partial charge is 0.242 e. The van der Waals surface area contributed by atoms with Crippen molar-refractivity contribution in [3.05, 3.63) is 23.0 Å². The minimum atomic E-state index is -0.291. The van der Waals surface area contributed by atoms with E-state index in [-0.39, 0.29) is 5.91 Å². The number of carbonyl (C=O) groups excluding carboxylic acids is 1. The minimum Gasteiger partial charge on any atom is -0.364 e. The van der Waals surface area contributed by atoms with Crippen molar-refractivity contribution in [2.45, 2.75) is 45.4 Å². The van der Waals surface area contributed by atoms with Gasteiger partial charge in [0.05, 0.1) is 0 Å². The quantitative estimate of drug-likeness (QED) is 0.621. The Labute approximate surface area is 102 Å². The Bertz CT molecular complexity index is 398. The number of nitrogens with zero attached hydrogens (tertiary/aromatic N) is 1. The number of aromatic nitrogens is 1. The molecule has 1 heterocycles. The predicted molar refractivity (Wildman–Crippen MR) is 64.9 cm³/mol. The number of aromatic amines is 1. The summed E-state index contributed by atoms with van der Waals surface area (Å²) in [4.78, 5) is 14.2. The average Bonchev–Trinajstić information content (AvgIpc) is 2.72. The lowest BCUT2D eigenvalue weighted by molar-refractivity contribution is -0.162. The van der Waals surface area contributed by atoms with Gasteiger partial charge in [-0.1, -0.05) is 0 Å². The SMILES string of the molecule is CC(=O)N(O)CCCc1c[nH]c2c1CCCC2. The van der Waals surface area contributed by atoms with E-state index in [4.69, 9.17) is 0 Å². The molecule has 0 fully saturated rings. The van der Waals surface area contributed by atoms with Crippen LogP contribution in [-0.4, -0.2) is 27.7 Å². The number of aryl methyl sites for hydroxylation is 2. The van der Waals surface area contributed by atoms with Crippen molar-refractivity contribution in [1.82, 2.24) is 10.0 Å². The average molecular weight is 236 g/mol. The molecule has 1 aliphatic rings. The lowest BCUT2D eigenvalue weighted by Crippen LogP contribution is -2.25. The van der Waals surface area contributed by atoms with Gasteiger partial charge in [-0.05, 0) is 49.7 Å². The fourth-order valence-electron chi connectivity index (χ4n) is 2.48. The molecule has 17 heavy (non-hydrogen) atoms. The Morgan fingerprint density at radius 1 is 1.47 bits per heavy atom. The first kappa shape index (κ1) is 12.2. The number of fused-ring (bicyclic) bond motifs is 1. The van der Waals surface area contributed by atoms with Crippen LogP contribution in [0.3, 0.4) is 0 Å². The number of hydrogen-bond donors (Lipinski definition) is 2. The molecule has 1 aromatic rings. The molecule has 1 aliphatic carbocycles. The highest BCUT2D eigenvalue weighted by molar-refractivity contribution is 5.71. The minimum absolute atomic E-state index is 0.291. The molecular weight excluding hydrogens is 216 g/mol. The van der Waals surface area contributed by atoms with Crippen molar-refractivity contribution in [1.29, 1.82) is 0 Å². The van der Waals surface area contributed by atoms with Crippen LogP contribution >= 0.6 is 0 Å². The van der Waals surface area contributed by atoms with Crippen molar-refractivity contribution < 1.29 is 10.0 Å². The number of rotatable bonds is 4. The van der Waals surface area contributed by atoms with Gasteiger partial charge in [0.1, 0.15) is 0 Å². The first-order chi connectivity index (χ1) is 8.18. The maximum absolute atomic E-state index is 10.8. The number of hydrogen-bond acceptors (Lipinski definition) is 2. The maximum atomic E-state index is 10.8. The van der Waals surface area contributed by atoms with Crippen molar-refractivity contribution in [3.63, 3.8) is 0 Å². The molecule has 0 aliphatic heterocycles. The van der Waals surface area contributed by atoms with E-state index in [1.165, 1.54) is 43.0 Å². The molecule has 0 atom stereocenters. The van der Waals surface area contributed by atoms with Crippen molar-refractivity contribution >= 4 is 5.91 Å². The van der Waals surface area contributed by atoms with E-state index in [1.807, 2.05) is 0 Å². The van der Waals surface area contributed by atoms with Gasteiger partial charge in [0.25, 0.3) is 0 Å². The van der Waals surface area contributed by atoms with Gasteiger partial charge in [-0.2, -0.15) is 0 Å². The molecule has 0 bridgehead atoms. The van der Waals surface area contributed by atoms with Crippen LogP contribution in [0.5, 0.6) is 0 Å². The third-order valence-corrected chi connectivity index (χ3v) is 3.46. The zero-order valence-corrected chi connectivity index (χ0v) is 10.3. The van der Waals surface area contributed by atoms with E-state index in [1.54, 1.807) is 0 Å². The van der Waals surface area contributed by atoms with E-state index in [9.17, 15) is 10.0 Å². The number of amides is 1. The zero-order valence-electron chi connectivity index (χ0n) is 10.3. The molecule has 0 saturated carbocycles. The standard InChI is InChI=1S/C13H20N2O2/c1-10(16)15(17)8-4-5-11-9-14-13-7-3-2-6-12(11)13/h9,14,17H,2-8H2,1H3. The Morgan fingerprint density at radius 3 is 3.00 bits per heavy atom. The topological polar surface area (TPSA) is 56.3 Å². The second-order valence-corrected chi connectivity index (χ2v) is 4.72. The first-order valence-electron chi connectivity index (χ1n) is 6.33. The fraction of sp³-hybridized carbons (Fsp3) is 0.615. The Morgan fingerprint density at radius 2 is 2.24 bits per heavy atom. The van der Waals surface area contributed by atoms with Crippen LogP contribution < -0.4 is 0 Å². The van der Waals surface area contributed by atoms with Crippen LogP contribution in [0.15, 0.2) is 6.20 Å². The van der Waals surface area contributed by atoms with Crippen LogP contribution in [0.25, 0.3) is 0 Å². The third-order valence-electron chi connectivity index (χ3n) is 3.46. The van der Waals surface area contributed by atoms with Crippen LogP contribution in [0.1, 0.15) is 43.0 Å². The van der Waals surface area contributed by atoms with Gasteiger partial charge >= 0.3 is 0 Å². The van der Waals surface area contributed by atoms with Gasteiger partial charge in [-0.3, -0.25) is 10.0 Å². The predicted octanol–water partition coefficient (Wildman–Crippen LogP) is 2.06. The van der Waals surface area contributed by atoms with E-state index >= 15 is 0 Å². The summed E-state index contributed by atoms with van der Waals surface area (Å²) in [5.74, 6) is -0.291. The number of H-pyrrole nitrogens is 1. The summed E-state index contributed by atoms with van der Waals surface area (Å²) in [5, 5.41) is 10.1. The Hall–Kier alpha value is -1.29. The van der Waals surface area contributed by atoms with Crippen LogP contribution in [0.2, 0.25) is 0 Å². The summed E-state index contributed by atoms with van der Waals surface area (Å²) in [6, 6.07) is 0.